The zero-order valence-corrected chi connectivity index (χ0v) is 17.4. The molecule has 0 saturated carbocycles. The first-order valence-electron chi connectivity index (χ1n) is 10.1. The fourth-order valence-electron chi connectivity index (χ4n) is 3.47. The number of carbonyl (C=O) groups excluding carboxylic acids is 3. The van der Waals surface area contributed by atoms with Gasteiger partial charge in [-0.25, -0.2) is 4.79 Å². The highest BCUT2D eigenvalue weighted by molar-refractivity contribution is 5.94. The normalized spacial score (nSPS) is 15.3. The maximum atomic E-state index is 12.6. The Morgan fingerprint density at radius 1 is 0.897 bits per heavy atom. The second-order valence-corrected chi connectivity index (χ2v) is 8.34. The summed E-state index contributed by atoms with van der Waals surface area (Å²) >= 11 is 0. The van der Waals surface area contributed by atoms with Gasteiger partial charge in [-0.15, -0.1) is 0 Å². The highest BCUT2D eigenvalue weighted by Gasteiger charge is 2.26. The molecule has 1 aliphatic heterocycles. The van der Waals surface area contributed by atoms with Crippen LogP contribution >= 0.6 is 0 Å². The molecule has 2 amide bonds. The van der Waals surface area contributed by atoms with Crippen LogP contribution in [0.1, 0.15) is 44.8 Å². The number of nitrogens with zero attached hydrogens (tertiary/aromatic N) is 3. The summed E-state index contributed by atoms with van der Waals surface area (Å²) in [7, 11) is 0. The van der Waals surface area contributed by atoms with Crippen LogP contribution < -0.4 is 0 Å². The summed E-state index contributed by atoms with van der Waals surface area (Å²) in [6.45, 7) is 7.55. The maximum absolute atomic E-state index is 12.6. The number of fused-ring (bicyclic) bond motifs is 1. The summed E-state index contributed by atoms with van der Waals surface area (Å²) in [6, 6.07) is 9.58. The Bertz CT molecular complexity index is 897. The standard InChI is InChI=1S/C22H29N3O4/c1-22(2,3)29-21(28)24-13-6-12-23(15-16-24)19(26)9-10-20(27)25-14-11-17-7-4-5-8-18(17)25/h4-5,7-8,11,14H,6,9-10,12-13,15-16H2,1-3H3. The zero-order chi connectivity index (χ0) is 21.0. The molecule has 7 nitrogen and oxygen atoms in total. The van der Waals surface area contributed by atoms with Crippen LogP contribution in [-0.4, -0.2) is 64.1 Å². The minimum atomic E-state index is -0.540. The second-order valence-electron chi connectivity index (χ2n) is 8.34. The molecule has 0 spiro atoms. The van der Waals surface area contributed by atoms with Gasteiger partial charge in [-0.1, -0.05) is 18.2 Å². The molecule has 0 bridgehead atoms. The number of benzene rings is 1. The van der Waals surface area contributed by atoms with Gasteiger partial charge in [-0.05, 0) is 39.3 Å². The summed E-state index contributed by atoms with van der Waals surface area (Å²) in [4.78, 5) is 40.8. The minimum Gasteiger partial charge on any atom is -0.444 e. The van der Waals surface area contributed by atoms with Crippen LogP contribution in [0.15, 0.2) is 36.5 Å². The van der Waals surface area contributed by atoms with Crippen molar-refractivity contribution in [1.82, 2.24) is 14.4 Å². The van der Waals surface area contributed by atoms with Crippen molar-refractivity contribution in [3.8, 4) is 0 Å². The second kappa shape index (κ2) is 8.68. The van der Waals surface area contributed by atoms with Crippen molar-refractivity contribution in [2.75, 3.05) is 26.2 Å². The quantitative estimate of drug-likeness (QED) is 0.792. The number of aromatic nitrogens is 1. The first-order chi connectivity index (χ1) is 13.7. The van der Waals surface area contributed by atoms with E-state index < -0.39 is 5.60 Å². The Labute approximate surface area is 171 Å². The third-order valence-corrected chi connectivity index (χ3v) is 4.92. The lowest BCUT2D eigenvalue weighted by atomic mass is 10.2. The molecule has 0 aliphatic carbocycles. The predicted molar refractivity (Wildman–Crippen MR) is 111 cm³/mol. The van der Waals surface area contributed by atoms with E-state index in [1.54, 1.807) is 20.6 Å². The average Bonchev–Trinajstić information content (AvgIpc) is 2.93. The molecule has 1 aliphatic rings. The number of para-hydroxylation sites is 1. The van der Waals surface area contributed by atoms with Crippen LogP contribution in [0.3, 0.4) is 0 Å². The van der Waals surface area contributed by atoms with Crippen LogP contribution in [0.5, 0.6) is 0 Å². The molecule has 29 heavy (non-hydrogen) atoms. The number of hydrogen-bond acceptors (Lipinski definition) is 4. The predicted octanol–water partition coefficient (Wildman–Crippen LogP) is 3.53. The van der Waals surface area contributed by atoms with Gasteiger partial charge in [0.25, 0.3) is 0 Å². The first kappa shape index (κ1) is 20.9. The van der Waals surface area contributed by atoms with E-state index >= 15 is 0 Å². The van der Waals surface area contributed by atoms with Gasteiger partial charge < -0.3 is 14.5 Å². The number of hydrogen-bond donors (Lipinski definition) is 0. The van der Waals surface area contributed by atoms with Crippen LogP contribution in [0, 0.1) is 0 Å². The molecule has 0 unspecified atom stereocenters. The van der Waals surface area contributed by atoms with Crippen molar-refractivity contribution in [3.05, 3.63) is 36.5 Å². The van der Waals surface area contributed by atoms with E-state index in [1.165, 1.54) is 0 Å². The fraction of sp³-hybridized carbons (Fsp3) is 0.500. The van der Waals surface area contributed by atoms with Gasteiger partial charge in [-0.2, -0.15) is 0 Å². The number of carbonyl (C=O) groups is 3. The molecule has 1 fully saturated rings. The van der Waals surface area contributed by atoms with Gasteiger partial charge in [0.05, 0.1) is 5.52 Å². The molecule has 1 aromatic heterocycles. The fourth-order valence-corrected chi connectivity index (χ4v) is 3.47. The number of amides is 2. The number of rotatable bonds is 3. The average molecular weight is 399 g/mol. The van der Waals surface area contributed by atoms with E-state index in [0.717, 1.165) is 10.9 Å². The van der Waals surface area contributed by atoms with Gasteiger partial charge in [0.1, 0.15) is 5.60 Å². The Morgan fingerprint density at radius 2 is 1.55 bits per heavy atom. The number of ether oxygens (including phenoxy) is 1. The van der Waals surface area contributed by atoms with Crippen molar-refractivity contribution < 1.29 is 19.1 Å². The van der Waals surface area contributed by atoms with Crippen LogP contribution in [0.2, 0.25) is 0 Å². The molecular weight excluding hydrogens is 370 g/mol. The molecule has 2 aromatic rings. The summed E-state index contributed by atoms with van der Waals surface area (Å²) in [5.74, 6) is -0.148. The van der Waals surface area contributed by atoms with E-state index in [0.29, 0.717) is 32.6 Å². The van der Waals surface area contributed by atoms with Crippen molar-refractivity contribution in [2.45, 2.75) is 45.6 Å². The molecule has 2 heterocycles. The van der Waals surface area contributed by atoms with E-state index in [9.17, 15) is 14.4 Å². The summed E-state index contributed by atoms with van der Waals surface area (Å²) in [5.41, 5.74) is 0.315. The van der Waals surface area contributed by atoms with Crippen molar-refractivity contribution in [2.24, 2.45) is 0 Å². The summed E-state index contributed by atoms with van der Waals surface area (Å²) in [6.07, 6.45) is 2.42. The van der Waals surface area contributed by atoms with Crippen molar-refractivity contribution in [3.63, 3.8) is 0 Å². The lowest BCUT2D eigenvalue weighted by Crippen LogP contribution is -2.40. The largest absolute Gasteiger partial charge is 0.444 e. The van der Waals surface area contributed by atoms with E-state index in [2.05, 4.69) is 0 Å². The van der Waals surface area contributed by atoms with Gasteiger partial charge in [0, 0.05) is 50.6 Å². The van der Waals surface area contributed by atoms with Crippen LogP contribution in [0.4, 0.5) is 4.79 Å². The van der Waals surface area contributed by atoms with E-state index in [1.807, 2.05) is 51.1 Å². The van der Waals surface area contributed by atoms with E-state index in [4.69, 9.17) is 4.74 Å². The SMILES string of the molecule is CC(C)(C)OC(=O)N1CCCN(C(=O)CCC(=O)n2ccc3ccccc32)CC1. The molecule has 7 heteroatoms. The van der Waals surface area contributed by atoms with Gasteiger partial charge in [-0.3, -0.25) is 14.2 Å². The molecule has 0 atom stereocenters. The minimum absolute atomic E-state index is 0.0548. The molecular formula is C22H29N3O4. The summed E-state index contributed by atoms with van der Waals surface area (Å²) < 4.78 is 7.03. The van der Waals surface area contributed by atoms with E-state index in [-0.39, 0.29) is 30.7 Å². The van der Waals surface area contributed by atoms with Crippen molar-refractivity contribution >= 4 is 28.8 Å². The van der Waals surface area contributed by atoms with Gasteiger partial charge >= 0.3 is 6.09 Å². The van der Waals surface area contributed by atoms with Gasteiger partial charge in [0.2, 0.25) is 11.8 Å². The Balaban J connectivity index is 1.52. The maximum Gasteiger partial charge on any atom is 0.410 e. The molecule has 156 valence electrons. The lowest BCUT2D eigenvalue weighted by Gasteiger charge is -2.26. The molecule has 1 saturated heterocycles. The smallest absolute Gasteiger partial charge is 0.410 e. The first-order valence-corrected chi connectivity index (χ1v) is 10.1. The third-order valence-electron chi connectivity index (χ3n) is 4.92. The molecule has 0 N–H and O–H groups in total. The Morgan fingerprint density at radius 3 is 2.31 bits per heavy atom. The van der Waals surface area contributed by atoms with Crippen molar-refractivity contribution in [1.29, 1.82) is 0 Å². The zero-order valence-electron chi connectivity index (χ0n) is 17.4. The topological polar surface area (TPSA) is 71.8 Å². The lowest BCUT2D eigenvalue weighted by molar-refractivity contribution is -0.131. The molecule has 0 radical (unpaired) electrons. The molecule has 1 aromatic carbocycles. The third kappa shape index (κ3) is 5.37. The molecule has 3 rings (SSSR count). The Hall–Kier alpha value is -2.83. The highest BCUT2D eigenvalue weighted by atomic mass is 16.6. The van der Waals surface area contributed by atoms with Crippen LogP contribution in [0.25, 0.3) is 10.9 Å². The Kier molecular flexibility index (Phi) is 6.25. The highest BCUT2D eigenvalue weighted by Crippen LogP contribution is 2.17. The monoisotopic (exact) mass is 399 g/mol. The van der Waals surface area contributed by atoms with Crippen LogP contribution in [-0.2, 0) is 9.53 Å². The summed E-state index contributed by atoms with van der Waals surface area (Å²) in [5, 5.41) is 1.00. The van der Waals surface area contributed by atoms with Gasteiger partial charge in [0.15, 0.2) is 0 Å².